The summed E-state index contributed by atoms with van der Waals surface area (Å²) in [7, 11) is 0. The Bertz CT molecular complexity index is 115. The second kappa shape index (κ2) is 1.99. The highest BCUT2D eigenvalue weighted by molar-refractivity contribution is 7.80. The van der Waals surface area contributed by atoms with E-state index in [1.807, 2.05) is 0 Å². The van der Waals surface area contributed by atoms with Gasteiger partial charge in [0.1, 0.15) is 0 Å². The number of hydrogen-bond donors (Lipinski definition) is 1. The number of nitriles is 1. The van der Waals surface area contributed by atoms with Crippen molar-refractivity contribution in [3.05, 3.63) is 0 Å². The van der Waals surface area contributed by atoms with Crippen molar-refractivity contribution < 1.29 is 0 Å². The summed E-state index contributed by atoms with van der Waals surface area (Å²) in [5, 5.41) is 8.54. The normalized spacial score (nSPS) is 23.5. The lowest BCUT2D eigenvalue weighted by molar-refractivity contribution is 0.252. The van der Waals surface area contributed by atoms with Crippen LogP contribution in [0, 0.1) is 16.7 Å². The third-order valence-corrected chi connectivity index (χ3v) is 2.46. The molecule has 1 aliphatic carbocycles. The minimum absolute atomic E-state index is 0.0247. The highest BCUT2D eigenvalue weighted by Crippen LogP contribution is 2.40. The lowest BCUT2D eigenvalue weighted by Crippen LogP contribution is -2.28. The van der Waals surface area contributed by atoms with Gasteiger partial charge in [0.15, 0.2) is 0 Å². The summed E-state index contributed by atoms with van der Waals surface area (Å²) in [5.74, 6) is 0.740. The molecule has 0 amide bonds. The molecule has 0 saturated heterocycles. The van der Waals surface area contributed by atoms with E-state index in [0.717, 1.165) is 18.6 Å². The molecule has 0 N–H and O–H groups in total. The maximum Gasteiger partial charge on any atom is 0.0698 e. The van der Waals surface area contributed by atoms with Crippen LogP contribution in [0.25, 0.3) is 0 Å². The number of thiol groups is 1. The van der Waals surface area contributed by atoms with Crippen LogP contribution in [-0.4, -0.2) is 5.75 Å². The van der Waals surface area contributed by atoms with Crippen LogP contribution in [0.5, 0.6) is 0 Å². The van der Waals surface area contributed by atoms with E-state index in [9.17, 15) is 0 Å². The van der Waals surface area contributed by atoms with Crippen LogP contribution in [0.4, 0.5) is 0 Å². The Morgan fingerprint density at radius 1 is 1.62 bits per heavy atom. The molecule has 44 valence electrons. The van der Waals surface area contributed by atoms with Gasteiger partial charge < -0.3 is 0 Å². The first-order chi connectivity index (χ1) is 3.83. The van der Waals surface area contributed by atoms with Gasteiger partial charge in [-0.25, -0.2) is 0 Å². The van der Waals surface area contributed by atoms with Crippen molar-refractivity contribution in [2.75, 3.05) is 5.75 Å². The topological polar surface area (TPSA) is 23.8 Å². The minimum Gasteiger partial charge on any atom is -0.198 e. The van der Waals surface area contributed by atoms with E-state index < -0.39 is 0 Å². The molecule has 2 heteroatoms. The number of nitrogens with zero attached hydrogens (tertiary/aromatic N) is 1. The molecule has 1 rings (SSSR count). The lowest BCUT2D eigenvalue weighted by Gasteiger charge is -2.33. The molecule has 1 aliphatic rings. The van der Waals surface area contributed by atoms with Gasteiger partial charge in [-0.2, -0.15) is 17.9 Å². The Morgan fingerprint density at radius 3 is 2.25 bits per heavy atom. The fourth-order valence-corrected chi connectivity index (χ4v) is 1.30. The van der Waals surface area contributed by atoms with Crippen molar-refractivity contribution in [3.8, 4) is 6.07 Å². The predicted octanol–water partition coefficient (Wildman–Crippen LogP) is 1.61. The zero-order valence-electron chi connectivity index (χ0n) is 4.72. The highest BCUT2D eigenvalue weighted by Gasteiger charge is 2.35. The van der Waals surface area contributed by atoms with E-state index in [2.05, 4.69) is 18.7 Å². The smallest absolute Gasteiger partial charge is 0.0698 e. The van der Waals surface area contributed by atoms with Gasteiger partial charge in [-0.1, -0.05) is 6.42 Å². The Balaban J connectivity index is 2.49. The van der Waals surface area contributed by atoms with Crippen molar-refractivity contribution >= 4 is 12.6 Å². The number of hydrogen-bond acceptors (Lipinski definition) is 2. The average Bonchev–Trinajstić information content (AvgIpc) is 1.67. The molecule has 0 aromatic heterocycles. The van der Waals surface area contributed by atoms with E-state index in [1.165, 1.54) is 6.42 Å². The van der Waals surface area contributed by atoms with Crippen LogP contribution >= 0.6 is 12.6 Å². The van der Waals surface area contributed by atoms with Crippen molar-refractivity contribution in [1.82, 2.24) is 0 Å². The Hall–Kier alpha value is -0.160. The van der Waals surface area contributed by atoms with Gasteiger partial charge in [0.2, 0.25) is 0 Å². The predicted molar refractivity (Wildman–Crippen MR) is 35.8 cm³/mol. The number of rotatable bonds is 1. The summed E-state index contributed by atoms with van der Waals surface area (Å²) in [6.07, 6.45) is 3.34. The molecule has 0 heterocycles. The SMILES string of the molecule is N#CC1(CS)CCC1. The molecule has 8 heavy (non-hydrogen) atoms. The van der Waals surface area contributed by atoms with Gasteiger partial charge in [-0.3, -0.25) is 0 Å². The summed E-state index contributed by atoms with van der Waals surface area (Å²) in [6, 6.07) is 2.29. The molecule has 1 nitrogen and oxygen atoms in total. The van der Waals surface area contributed by atoms with Crippen LogP contribution in [0.2, 0.25) is 0 Å². The first kappa shape index (κ1) is 5.97. The first-order valence-electron chi connectivity index (χ1n) is 2.85. The van der Waals surface area contributed by atoms with Gasteiger partial charge >= 0.3 is 0 Å². The summed E-state index contributed by atoms with van der Waals surface area (Å²) in [4.78, 5) is 0. The van der Waals surface area contributed by atoms with Crippen LogP contribution in [0.3, 0.4) is 0 Å². The van der Waals surface area contributed by atoms with E-state index >= 15 is 0 Å². The Labute approximate surface area is 55.1 Å². The molecular weight excluding hydrogens is 118 g/mol. The highest BCUT2D eigenvalue weighted by atomic mass is 32.1. The summed E-state index contributed by atoms with van der Waals surface area (Å²) in [5.41, 5.74) is -0.0247. The molecule has 0 aliphatic heterocycles. The molecular formula is C6H9NS. The third kappa shape index (κ3) is 0.714. The first-order valence-corrected chi connectivity index (χ1v) is 3.48. The zero-order chi connectivity index (χ0) is 6.04. The van der Waals surface area contributed by atoms with Crippen molar-refractivity contribution in [3.63, 3.8) is 0 Å². The molecule has 0 spiro atoms. The van der Waals surface area contributed by atoms with Crippen molar-refractivity contribution in [2.45, 2.75) is 19.3 Å². The molecule has 0 atom stereocenters. The molecule has 1 fully saturated rings. The fraction of sp³-hybridized carbons (Fsp3) is 0.833. The lowest BCUT2D eigenvalue weighted by atomic mass is 9.72. The molecule has 0 unspecified atom stereocenters. The maximum absolute atomic E-state index is 8.54. The van der Waals surface area contributed by atoms with E-state index in [1.54, 1.807) is 0 Å². The van der Waals surface area contributed by atoms with Crippen molar-refractivity contribution in [2.24, 2.45) is 5.41 Å². The summed E-state index contributed by atoms with van der Waals surface area (Å²) < 4.78 is 0. The fourth-order valence-electron chi connectivity index (χ4n) is 0.909. The van der Waals surface area contributed by atoms with Crippen LogP contribution in [0.15, 0.2) is 0 Å². The summed E-state index contributed by atoms with van der Waals surface area (Å²) >= 11 is 4.09. The minimum atomic E-state index is -0.0247. The van der Waals surface area contributed by atoms with Crippen molar-refractivity contribution in [1.29, 1.82) is 5.26 Å². The van der Waals surface area contributed by atoms with Crippen LogP contribution in [-0.2, 0) is 0 Å². The Kier molecular flexibility index (Phi) is 1.48. The standard InChI is InChI=1S/C6H9NS/c7-4-6(5-8)2-1-3-6/h8H,1-3,5H2. The van der Waals surface area contributed by atoms with Gasteiger partial charge in [0.05, 0.1) is 11.5 Å². The van der Waals surface area contributed by atoms with Gasteiger partial charge in [0.25, 0.3) is 0 Å². The van der Waals surface area contributed by atoms with Crippen LogP contribution < -0.4 is 0 Å². The second-order valence-corrected chi connectivity index (χ2v) is 2.72. The van der Waals surface area contributed by atoms with Gasteiger partial charge in [-0.15, -0.1) is 0 Å². The molecule has 0 radical (unpaired) electrons. The zero-order valence-corrected chi connectivity index (χ0v) is 5.62. The monoisotopic (exact) mass is 127 g/mol. The average molecular weight is 127 g/mol. The summed E-state index contributed by atoms with van der Waals surface area (Å²) in [6.45, 7) is 0. The van der Waals surface area contributed by atoms with Crippen LogP contribution in [0.1, 0.15) is 19.3 Å². The van der Waals surface area contributed by atoms with Gasteiger partial charge in [-0.05, 0) is 12.8 Å². The third-order valence-electron chi connectivity index (χ3n) is 1.85. The largest absolute Gasteiger partial charge is 0.198 e. The molecule has 0 aromatic carbocycles. The molecule has 0 bridgehead atoms. The van der Waals surface area contributed by atoms with Gasteiger partial charge in [0, 0.05) is 5.75 Å². The Morgan fingerprint density at radius 2 is 2.25 bits per heavy atom. The van der Waals surface area contributed by atoms with E-state index in [0.29, 0.717) is 0 Å². The second-order valence-electron chi connectivity index (χ2n) is 2.40. The maximum atomic E-state index is 8.54. The van der Waals surface area contributed by atoms with E-state index in [-0.39, 0.29) is 5.41 Å². The quantitative estimate of drug-likeness (QED) is 0.531. The molecule has 0 aromatic rings. The molecule has 1 saturated carbocycles. The van der Waals surface area contributed by atoms with E-state index in [4.69, 9.17) is 5.26 Å².